The molecule has 0 bridgehead atoms. The summed E-state index contributed by atoms with van der Waals surface area (Å²) in [6.45, 7) is 1.55. The van der Waals surface area contributed by atoms with E-state index >= 15 is 0 Å². The van der Waals surface area contributed by atoms with E-state index in [4.69, 9.17) is 14.2 Å². The highest BCUT2D eigenvalue weighted by Crippen LogP contribution is 2.30. The molecule has 2 aromatic carbocycles. The van der Waals surface area contributed by atoms with Gasteiger partial charge in [-0.3, -0.25) is 4.79 Å². The fourth-order valence-electron chi connectivity index (χ4n) is 3.27. The molecule has 33 heavy (non-hydrogen) atoms. The number of rotatable bonds is 8. The monoisotopic (exact) mass is 489 g/mol. The van der Waals surface area contributed by atoms with E-state index in [0.29, 0.717) is 36.9 Å². The van der Waals surface area contributed by atoms with Gasteiger partial charge in [0.1, 0.15) is 18.1 Å². The molecule has 0 spiro atoms. The molecule has 1 aliphatic heterocycles. The number of aromatic nitrogens is 1. The van der Waals surface area contributed by atoms with Crippen molar-refractivity contribution < 1.29 is 27.4 Å². The molecule has 1 aliphatic rings. The minimum atomic E-state index is -3.72. The number of ether oxygens (including phenoxy) is 3. The molecule has 0 radical (unpaired) electrons. The number of carbonyl (C=O) groups is 1. The Labute approximate surface area is 196 Å². The average Bonchev–Trinajstić information content (AvgIpc) is 3.37. The molecule has 0 atom stereocenters. The summed E-state index contributed by atoms with van der Waals surface area (Å²) in [6, 6.07) is 11.1. The van der Waals surface area contributed by atoms with Crippen LogP contribution in [0.25, 0.3) is 0 Å². The van der Waals surface area contributed by atoms with Gasteiger partial charge in [-0.15, -0.1) is 11.3 Å². The number of hydrogen-bond donors (Lipinski definition) is 1. The van der Waals surface area contributed by atoms with Crippen molar-refractivity contribution in [2.75, 3.05) is 38.7 Å². The number of morpholine rings is 1. The smallest absolute Gasteiger partial charge is 0.255 e. The minimum Gasteiger partial charge on any atom is -0.495 e. The topological polar surface area (TPSA) is 107 Å². The highest BCUT2D eigenvalue weighted by molar-refractivity contribution is 7.89. The van der Waals surface area contributed by atoms with Crippen LogP contribution in [0.4, 0.5) is 5.69 Å². The zero-order valence-corrected chi connectivity index (χ0v) is 19.5. The van der Waals surface area contributed by atoms with Crippen LogP contribution in [0.3, 0.4) is 0 Å². The molecule has 1 N–H and O–H groups in total. The molecular formula is C22H23N3O6S2. The molecule has 4 rings (SSSR count). The Morgan fingerprint density at radius 3 is 2.76 bits per heavy atom. The molecule has 9 nitrogen and oxygen atoms in total. The number of carbonyl (C=O) groups excluding carboxylic acids is 1. The van der Waals surface area contributed by atoms with Gasteiger partial charge in [0, 0.05) is 24.0 Å². The highest BCUT2D eigenvalue weighted by Gasteiger charge is 2.27. The van der Waals surface area contributed by atoms with E-state index in [0.717, 1.165) is 5.69 Å². The first-order chi connectivity index (χ1) is 16.0. The first-order valence-electron chi connectivity index (χ1n) is 10.1. The maximum Gasteiger partial charge on any atom is 0.255 e. The number of nitrogens with one attached hydrogen (secondary N) is 1. The van der Waals surface area contributed by atoms with Crippen molar-refractivity contribution in [2.24, 2.45) is 0 Å². The summed E-state index contributed by atoms with van der Waals surface area (Å²) in [7, 11) is -2.27. The predicted octanol–water partition coefficient (Wildman–Crippen LogP) is 3.00. The van der Waals surface area contributed by atoms with Crippen molar-refractivity contribution in [1.29, 1.82) is 0 Å². The Hall–Kier alpha value is -2.99. The molecule has 0 unspecified atom stereocenters. The SMILES string of the molecule is COc1ccc(S(=O)(=O)N2CCOCC2)cc1NC(=O)c1cccc(OCc2cscn2)c1. The van der Waals surface area contributed by atoms with Crippen molar-refractivity contribution in [3.05, 3.63) is 64.6 Å². The summed E-state index contributed by atoms with van der Waals surface area (Å²) in [6.07, 6.45) is 0. The van der Waals surface area contributed by atoms with Gasteiger partial charge in [0.25, 0.3) is 5.91 Å². The van der Waals surface area contributed by atoms with E-state index in [2.05, 4.69) is 10.3 Å². The van der Waals surface area contributed by atoms with E-state index in [1.165, 1.54) is 41.0 Å². The summed E-state index contributed by atoms with van der Waals surface area (Å²) in [5.41, 5.74) is 3.14. The lowest BCUT2D eigenvalue weighted by Crippen LogP contribution is -2.40. The van der Waals surface area contributed by atoms with Crippen LogP contribution in [-0.4, -0.2) is 57.0 Å². The van der Waals surface area contributed by atoms with Gasteiger partial charge in [-0.2, -0.15) is 4.31 Å². The molecule has 2 heterocycles. The lowest BCUT2D eigenvalue weighted by atomic mass is 10.2. The summed E-state index contributed by atoms with van der Waals surface area (Å²) >= 11 is 1.48. The maximum atomic E-state index is 13.0. The molecule has 1 amide bonds. The Morgan fingerprint density at radius 1 is 1.21 bits per heavy atom. The second-order valence-electron chi connectivity index (χ2n) is 7.13. The van der Waals surface area contributed by atoms with Gasteiger partial charge >= 0.3 is 0 Å². The minimum absolute atomic E-state index is 0.0702. The molecule has 3 aromatic rings. The van der Waals surface area contributed by atoms with Gasteiger partial charge in [0.05, 0.1) is 42.1 Å². The number of methoxy groups -OCH3 is 1. The number of benzene rings is 2. The van der Waals surface area contributed by atoms with E-state index in [9.17, 15) is 13.2 Å². The van der Waals surface area contributed by atoms with Gasteiger partial charge in [-0.1, -0.05) is 6.07 Å². The summed E-state index contributed by atoms with van der Waals surface area (Å²) in [5.74, 6) is 0.444. The molecule has 11 heteroatoms. The Bertz CT molecular complexity index is 1210. The van der Waals surface area contributed by atoms with Gasteiger partial charge < -0.3 is 19.5 Å². The van der Waals surface area contributed by atoms with Crippen LogP contribution in [0.1, 0.15) is 16.1 Å². The fraction of sp³-hybridized carbons (Fsp3) is 0.273. The molecular weight excluding hydrogens is 466 g/mol. The highest BCUT2D eigenvalue weighted by atomic mass is 32.2. The number of anilines is 1. The number of amides is 1. The van der Waals surface area contributed by atoms with E-state index in [1.807, 2.05) is 5.38 Å². The molecule has 1 aromatic heterocycles. The van der Waals surface area contributed by atoms with Crippen LogP contribution >= 0.6 is 11.3 Å². The molecule has 1 saturated heterocycles. The normalized spacial score (nSPS) is 14.6. The van der Waals surface area contributed by atoms with Gasteiger partial charge in [0.15, 0.2) is 0 Å². The summed E-state index contributed by atoms with van der Waals surface area (Å²) < 4.78 is 43.7. The number of hydrogen-bond acceptors (Lipinski definition) is 8. The van der Waals surface area contributed by atoms with Crippen LogP contribution in [0.5, 0.6) is 11.5 Å². The van der Waals surface area contributed by atoms with Gasteiger partial charge in [0.2, 0.25) is 10.0 Å². The number of thiazole rings is 1. The molecule has 0 aliphatic carbocycles. The third-order valence-corrected chi connectivity index (χ3v) is 7.52. The largest absolute Gasteiger partial charge is 0.495 e. The average molecular weight is 490 g/mol. The van der Waals surface area contributed by atoms with Crippen LogP contribution in [0, 0.1) is 0 Å². The first-order valence-corrected chi connectivity index (χ1v) is 12.5. The lowest BCUT2D eigenvalue weighted by Gasteiger charge is -2.26. The molecule has 1 fully saturated rings. The van der Waals surface area contributed by atoms with Crippen LogP contribution in [-0.2, 0) is 21.4 Å². The first kappa shape index (κ1) is 23.2. The lowest BCUT2D eigenvalue weighted by molar-refractivity contribution is 0.0730. The maximum absolute atomic E-state index is 13.0. The van der Waals surface area contributed by atoms with E-state index < -0.39 is 15.9 Å². The third kappa shape index (κ3) is 5.50. The summed E-state index contributed by atoms with van der Waals surface area (Å²) in [5, 5.41) is 4.64. The van der Waals surface area contributed by atoms with Gasteiger partial charge in [-0.05, 0) is 36.4 Å². The quantitative estimate of drug-likeness (QED) is 0.518. The van der Waals surface area contributed by atoms with Gasteiger partial charge in [-0.25, -0.2) is 13.4 Å². The molecule has 0 saturated carbocycles. The Balaban J connectivity index is 1.52. The summed E-state index contributed by atoms with van der Waals surface area (Å²) in [4.78, 5) is 17.2. The van der Waals surface area contributed by atoms with Crippen LogP contribution in [0.15, 0.2) is 58.3 Å². The van der Waals surface area contributed by atoms with Crippen LogP contribution < -0.4 is 14.8 Å². The second kappa shape index (κ2) is 10.3. The van der Waals surface area contributed by atoms with E-state index in [1.54, 1.807) is 29.8 Å². The fourth-order valence-corrected chi connectivity index (χ4v) is 5.25. The van der Waals surface area contributed by atoms with Crippen molar-refractivity contribution in [2.45, 2.75) is 11.5 Å². The van der Waals surface area contributed by atoms with Crippen molar-refractivity contribution in [3.8, 4) is 11.5 Å². The van der Waals surface area contributed by atoms with Crippen molar-refractivity contribution in [1.82, 2.24) is 9.29 Å². The Morgan fingerprint density at radius 2 is 2.03 bits per heavy atom. The number of sulfonamides is 1. The van der Waals surface area contributed by atoms with Crippen molar-refractivity contribution in [3.63, 3.8) is 0 Å². The van der Waals surface area contributed by atoms with Crippen molar-refractivity contribution >= 4 is 33.0 Å². The van der Waals surface area contributed by atoms with Crippen LogP contribution in [0.2, 0.25) is 0 Å². The number of nitrogens with zero attached hydrogens (tertiary/aromatic N) is 2. The predicted molar refractivity (Wildman–Crippen MR) is 123 cm³/mol. The zero-order chi connectivity index (χ0) is 23.3. The van der Waals surface area contributed by atoms with E-state index in [-0.39, 0.29) is 23.7 Å². The molecule has 174 valence electrons. The second-order valence-corrected chi connectivity index (χ2v) is 9.79. The third-order valence-electron chi connectivity index (χ3n) is 4.99. The zero-order valence-electron chi connectivity index (χ0n) is 17.9. The standard InChI is InChI=1S/C22H23N3O6S2/c1-29-21-6-5-19(33(27,28)25-7-9-30-10-8-25)12-20(21)24-22(26)16-3-2-4-18(11-16)31-13-17-14-32-15-23-17/h2-6,11-12,14-15H,7-10,13H2,1H3,(H,24,26). The Kier molecular flexibility index (Phi) is 7.23.